The van der Waals surface area contributed by atoms with Crippen molar-refractivity contribution >= 4 is 17.0 Å². The number of nitrogens with one attached hydrogen (secondary N) is 1. The van der Waals surface area contributed by atoms with Crippen molar-refractivity contribution in [3.8, 4) is 0 Å². The molecule has 0 saturated heterocycles. The number of aryl methyl sites for hydroxylation is 1. The number of rotatable bonds is 4. The number of aromatic nitrogens is 2. The summed E-state index contributed by atoms with van der Waals surface area (Å²) < 4.78 is 0. The number of nitrogens with zero attached hydrogens (tertiary/aromatic N) is 2. The smallest absolute Gasteiger partial charge is 0.136 e. The van der Waals surface area contributed by atoms with Crippen LogP contribution in [0, 0.1) is 6.92 Å². The van der Waals surface area contributed by atoms with Crippen LogP contribution in [-0.4, -0.2) is 10.2 Å². The molecule has 0 atom stereocenters. The summed E-state index contributed by atoms with van der Waals surface area (Å²) in [5, 5.41) is 13.6. The van der Waals surface area contributed by atoms with E-state index in [9.17, 15) is 0 Å². The molecular formula is C13H17N3S. The Labute approximate surface area is 106 Å². The SMILES string of the molecule is Cc1nnc(CNc2ccccc2C(C)C)s1. The molecule has 1 aromatic heterocycles. The van der Waals surface area contributed by atoms with Gasteiger partial charge in [-0.3, -0.25) is 0 Å². The van der Waals surface area contributed by atoms with Gasteiger partial charge in [-0.05, 0) is 24.5 Å². The van der Waals surface area contributed by atoms with E-state index >= 15 is 0 Å². The highest BCUT2D eigenvalue weighted by Crippen LogP contribution is 2.24. The van der Waals surface area contributed by atoms with Gasteiger partial charge in [0, 0.05) is 5.69 Å². The van der Waals surface area contributed by atoms with Gasteiger partial charge in [-0.25, -0.2) is 0 Å². The Balaban J connectivity index is 2.08. The second-order valence-electron chi connectivity index (χ2n) is 4.31. The van der Waals surface area contributed by atoms with E-state index in [2.05, 4.69) is 53.6 Å². The zero-order valence-electron chi connectivity index (χ0n) is 10.4. The van der Waals surface area contributed by atoms with E-state index in [-0.39, 0.29) is 0 Å². The maximum Gasteiger partial charge on any atom is 0.136 e. The topological polar surface area (TPSA) is 37.8 Å². The van der Waals surface area contributed by atoms with Crippen molar-refractivity contribution in [2.24, 2.45) is 0 Å². The molecule has 0 amide bonds. The van der Waals surface area contributed by atoms with E-state index < -0.39 is 0 Å². The Morgan fingerprint density at radius 2 is 2.00 bits per heavy atom. The van der Waals surface area contributed by atoms with Crippen molar-refractivity contribution in [3.05, 3.63) is 39.8 Å². The largest absolute Gasteiger partial charge is 0.378 e. The van der Waals surface area contributed by atoms with Gasteiger partial charge in [0.1, 0.15) is 10.0 Å². The van der Waals surface area contributed by atoms with E-state index in [1.165, 1.54) is 11.3 Å². The molecule has 4 heteroatoms. The lowest BCUT2D eigenvalue weighted by molar-refractivity contribution is 0.864. The molecule has 17 heavy (non-hydrogen) atoms. The van der Waals surface area contributed by atoms with Crippen molar-refractivity contribution in [1.82, 2.24) is 10.2 Å². The molecule has 0 fully saturated rings. The molecular weight excluding hydrogens is 230 g/mol. The van der Waals surface area contributed by atoms with Crippen LogP contribution >= 0.6 is 11.3 Å². The van der Waals surface area contributed by atoms with Gasteiger partial charge < -0.3 is 5.32 Å². The van der Waals surface area contributed by atoms with Gasteiger partial charge in [0.05, 0.1) is 6.54 Å². The monoisotopic (exact) mass is 247 g/mol. The van der Waals surface area contributed by atoms with Gasteiger partial charge in [-0.15, -0.1) is 10.2 Å². The third-order valence-corrected chi connectivity index (χ3v) is 3.42. The first kappa shape index (κ1) is 12.0. The summed E-state index contributed by atoms with van der Waals surface area (Å²) in [6.07, 6.45) is 0. The van der Waals surface area contributed by atoms with Crippen LogP contribution in [0.5, 0.6) is 0 Å². The van der Waals surface area contributed by atoms with Crippen LogP contribution in [0.2, 0.25) is 0 Å². The van der Waals surface area contributed by atoms with E-state index in [1.807, 2.05) is 6.92 Å². The average molecular weight is 247 g/mol. The van der Waals surface area contributed by atoms with E-state index in [0.717, 1.165) is 16.6 Å². The Kier molecular flexibility index (Phi) is 3.74. The highest BCUT2D eigenvalue weighted by Gasteiger charge is 2.06. The van der Waals surface area contributed by atoms with E-state index in [0.29, 0.717) is 5.92 Å². The maximum absolute atomic E-state index is 4.11. The molecule has 0 radical (unpaired) electrons. The molecule has 1 heterocycles. The molecule has 0 bridgehead atoms. The first-order chi connectivity index (χ1) is 8.16. The lowest BCUT2D eigenvalue weighted by atomic mass is 10.0. The molecule has 1 N–H and O–H groups in total. The van der Waals surface area contributed by atoms with Crippen LogP contribution in [0.4, 0.5) is 5.69 Å². The summed E-state index contributed by atoms with van der Waals surface area (Å²) in [7, 11) is 0. The van der Waals surface area contributed by atoms with Gasteiger partial charge >= 0.3 is 0 Å². The van der Waals surface area contributed by atoms with Crippen LogP contribution in [0.15, 0.2) is 24.3 Å². The Morgan fingerprint density at radius 1 is 1.24 bits per heavy atom. The van der Waals surface area contributed by atoms with E-state index in [1.54, 1.807) is 11.3 Å². The van der Waals surface area contributed by atoms with E-state index in [4.69, 9.17) is 0 Å². The third-order valence-electron chi connectivity index (χ3n) is 2.58. The fourth-order valence-electron chi connectivity index (χ4n) is 1.74. The average Bonchev–Trinajstić information content (AvgIpc) is 2.73. The van der Waals surface area contributed by atoms with Crippen LogP contribution < -0.4 is 5.32 Å². The normalized spacial score (nSPS) is 10.8. The number of para-hydroxylation sites is 1. The van der Waals surface area contributed by atoms with Gasteiger partial charge in [-0.2, -0.15) is 0 Å². The third kappa shape index (κ3) is 3.03. The molecule has 90 valence electrons. The zero-order chi connectivity index (χ0) is 12.3. The van der Waals surface area contributed by atoms with Crippen LogP contribution in [-0.2, 0) is 6.54 Å². The molecule has 0 saturated carbocycles. The van der Waals surface area contributed by atoms with Crippen molar-refractivity contribution in [2.75, 3.05) is 5.32 Å². The predicted octanol–water partition coefficient (Wildman–Crippen LogP) is 3.58. The van der Waals surface area contributed by atoms with Crippen molar-refractivity contribution in [2.45, 2.75) is 33.2 Å². The predicted molar refractivity (Wildman–Crippen MR) is 72.5 cm³/mol. The summed E-state index contributed by atoms with van der Waals surface area (Å²) in [5.74, 6) is 0.523. The lowest BCUT2D eigenvalue weighted by Crippen LogP contribution is -2.03. The molecule has 0 aliphatic carbocycles. The quantitative estimate of drug-likeness (QED) is 0.897. The molecule has 0 spiro atoms. The van der Waals surface area contributed by atoms with Crippen LogP contribution in [0.3, 0.4) is 0 Å². The van der Waals surface area contributed by atoms with Gasteiger partial charge in [-0.1, -0.05) is 43.4 Å². The summed E-state index contributed by atoms with van der Waals surface area (Å²) in [6, 6.07) is 8.41. The number of hydrogen-bond donors (Lipinski definition) is 1. The second kappa shape index (κ2) is 5.27. The fraction of sp³-hybridized carbons (Fsp3) is 0.385. The molecule has 0 aliphatic rings. The zero-order valence-corrected chi connectivity index (χ0v) is 11.2. The van der Waals surface area contributed by atoms with Crippen molar-refractivity contribution in [1.29, 1.82) is 0 Å². The molecule has 0 unspecified atom stereocenters. The van der Waals surface area contributed by atoms with Gasteiger partial charge in [0.15, 0.2) is 0 Å². The summed E-state index contributed by atoms with van der Waals surface area (Å²) in [4.78, 5) is 0. The van der Waals surface area contributed by atoms with Crippen molar-refractivity contribution in [3.63, 3.8) is 0 Å². The first-order valence-electron chi connectivity index (χ1n) is 5.78. The highest BCUT2D eigenvalue weighted by atomic mass is 32.1. The molecule has 2 aromatic rings. The molecule has 0 aliphatic heterocycles. The lowest BCUT2D eigenvalue weighted by Gasteiger charge is -2.13. The maximum atomic E-state index is 4.11. The summed E-state index contributed by atoms with van der Waals surface area (Å²) >= 11 is 1.64. The van der Waals surface area contributed by atoms with Crippen molar-refractivity contribution < 1.29 is 0 Å². The standard InChI is InChI=1S/C13H17N3S/c1-9(2)11-6-4-5-7-12(11)14-8-13-16-15-10(3)17-13/h4-7,9,14H,8H2,1-3H3. The Hall–Kier alpha value is -1.42. The Morgan fingerprint density at radius 3 is 2.65 bits per heavy atom. The summed E-state index contributed by atoms with van der Waals surface area (Å²) in [5.41, 5.74) is 2.53. The van der Waals surface area contributed by atoms with Crippen LogP contribution in [0.1, 0.15) is 35.3 Å². The fourth-order valence-corrected chi connectivity index (χ4v) is 2.39. The minimum Gasteiger partial charge on any atom is -0.378 e. The van der Waals surface area contributed by atoms with Gasteiger partial charge in [0.25, 0.3) is 0 Å². The number of hydrogen-bond acceptors (Lipinski definition) is 4. The Bertz CT molecular complexity index is 491. The van der Waals surface area contributed by atoms with Gasteiger partial charge in [0.2, 0.25) is 0 Å². The molecule has 1 aromatic carbocycles. The second-order valence-corrected chi connectivity index (χ2v) is 5.58. The highest BCUT2D eigenvalue weighted by molar-refractivity contribution is 7.11. The van der Waals surface area contributed by atoms with Crippen LogP contribution in [0.25, 0.3) is 0 Å². The number of benzene rings is 1. The molecule has 3 nitrogen and oxygen atoms in total. The minimum absolute atomic E-state index is 0.523. The first-order valence-corrected chi connectivity index (χ1v) is 6.60. The minimum atomic E-state index is 0.523. The molecule has 2 rings (SSSR count). The summed E-state index contributed by atoms with van der Waals surface area (Å²) in [6.45, 7) is 7.13. The number of anilines is 1.